The number of para-hydroxylation sites is 1. The number of nitrogens with one attached hydrogen (secondary N) is 1. The van der Waals surface area contributed by atoms with Gasteiger partial charge in [-0.15, -0.1) is 11.3 Å². The Morgan fingerprint density at radius 2 is 1.92 bits per heavy atom. The van der Waals surface area contributed by atoms with E-state index in [1.54, 1.807) is 0 Å². The van der Waals surface area contributed by atoms with E-state index in [4.69, 9.17) is 4.99 Å². The molecule has 3 rings (SSSR count). The Labute approximate surface area is 160 Å². The van der Waals surface area contributed by atoms with Crippen molar-refractivity contribution < 1.29 is 0 Å². The van der Waals surface area contributed by atoms with Gasteiger partial charge in [-0.3, -0.25) is 4.99 Å². The van der Waals surface area contributed by atoms with E-state index in [1.807, 2.05) is 17.5 Å². The molecular weight excluding hydrogens is 342 g/mol. The Kier molecular flexibility index (Phi) is 6.89. The molecule has 1 N–H and O–H groups in total. The zero-order valence-electron chi connectivity index (χ0n) is 15.8. The molecule has 0 atom stereocenters. The summed E-state index contributed by atoms with van der Waals surface area (Å²) in [5.41, 5.74) is 1.31. The van der Waals surface area contributed by atoms with Gasteiger partial charge in [0, 0.05) is 62.5 Å². The first kappa shape index (κ1) is 18.7. The van der Waals surface area contributed by atoms with E-state index >= 15 is 0 Å². The molecule has 1 fully saturated rings. The predicted molar refractivity (Wildman–Crippen MR) is 111 cm³/mol. The number of aliphatic imine (C=N–C) groups is 1. The van der Waals surface area contributed by atoms with Crippen LogP contribution in [0.15, 0.2) is 41.5 Å². The van der Waals surface area contributed by atoms with Crippen LogP contribution in [0.5, 0.6) is 0 Å². The van der Waals surface area contributed by atoms with Crippen LogP contribution >= 0.6 is 11.3 Å². The minimum Gasteiger partial charge on any atom is -0.368 e. The van der Waals surface area contributed by atoms with Gasteiger partial charge in [0.15, 0.2) is 5.96 Å². The van der Waals surface area contributed by atoms with Crippen LogP contribution in [-0.4, -0.2) is 55.1 Å². The highest BCUT2D eigenvalue weighted by Gasteiger charge is 2.19. The Morgan fingerprint density at radius 1 is 1.15 bits per heavy atom. The Morgan fingerprint density at radius 3 is 2.58 bits per heavy atom. The quantitative estimate of drug-likeness (QED) is 0.626. The van der Waals surface area contributed by atoms with Gasteiger partial charge in [0.1, 0.15) is 0 Å². The number of hydrogen-bond donors (Lipinski definition) is 1. The van der Waals surface area contributed by atoms with Crippen LogP contribution in [0.25, 0.3) is 0 Å². The predicted octanol–water partition coefficient (Wildman–Crippen LogP) is 3.04. The smallest absolute Gasteiger partial charge is 0.194 e. The number of anilines is 1. The fourth-order valence-corrected chi connectivity index (χ4v) is 3.98. The number of piperazine rings is 1. The summed E-state index contributed by atoms with van der Waals surface area (Å²) in [5, 5.41) is 4.64. The topological polar surface area (TPSA) is 43.8 Å². The van der Waals surface area contributed by atoms with Gasteiger partial charge in [0.2, 0.25) is 0 Å². The molecule has 0 aliphatic carbocycles. The molecule has 2 aromatic rings. The fourth-order valence-electron chi connectivity index (χ4n) is 3.13. The van der Waals surface area contributed by atoms with Crippen LogP contribution in [0.4, 0.5) is 5.69 Å². The first-order valence-electron chi connectivity index (χ1n) is 9.57. The number of thiazole rings is 1. The first-order valence-corrected chi connectivity index (χ1v) is 10.4. The lowest BCUT2D eigenvalue weighted by atomic mass is 10.2. The van der Waals surface area contributed by atoms with Crippen LogP contribution in [0, 0.1) is 0 Å². The molecule has 1 aromatic heterocycles. The lowest BCUT2D eigenvalue weighted by molar-refractivity contribution is 0.372. The molecule has 0 unspecified atom stereocenters. The van der Waals surface area contributed by atoms with Crippen LogP contribution in [0.1, 0.15) is 23.7 Å². The molecule has 26 heavy (non-hydrogen) atoms. The number of benzene rings is 1. The molecular formula is C20H29N5S. The molecule has 140 valence electrons. The standard InChI is InChI=1S/C20H29N5S/c1-3-18-16-23-19(26-18)10-11-22-20(21-4-2)25-14-12-24(13-15-25)17-8-6-5-7-9-17/h5-9,16H,3-4,10-15H2,1-2H3,(H,21,22). The van der Waals surface area contributed by atoms with Crippen molar-refractivity contribution in [2.24, 2.45) is 4.99 Å². The second-order valence-corrected chi connectivity index (χ2v) is 7.57. The Balaban J connectivity index is 1.54. The van der Waals surface area contributed by atoms with Crippen molar-refractivity contribution in [3.8, 4) is 0 Å². The van der Waals surface area contributed by atoms with Gasteiger partial charge in [-0.25, -0.2) is 4.98 Å². The maximum absolute atomic E-state index is 4.84. The van der Waals surface area contributed by atoms with E-state index < -0.39 is 0 Å². The van der Waals surface area contributed by atoms with E-state index in [0.717, 1.165) is 58.1 Å². The van der Waals surface area contributed by atoms with Gasteiger partial charge in [-0.1, -0.05) is 25.1 Å². The van der Waals surface area contributed by atoms with Gasteiger partial charge in [0.05, 0.1) is 5.01 Å². The SMILES string of the molecule is CCNC(=NCCc1ncc(CC)s1)N1CCN(c2ccccc2)CC1. The summed E-state index contributed by atoms with van der Waals surface area (Å²) in [7, 11) is 0. The summed E-state index contributed by atoms with van der Waals surface area (Å²) in [6.07, 6.45) is 3.98. The van der Waals surface area contributed by atoms with Gasteiger partial charge in [0.25, 0.3) is 0 Å². The number of hydrogen-bond acceptors (Lipinski definition) is 4. The van der Waals surface area contributed by atoms with Crippen molar-refractivity contribution in [1.82, 2.24) is 15.2 Å². The molecule has 2 heterocycles. The van der Waals surface area contributed by atoms with E-state index in [-0.39, 0.29) is 0 Å². The average molecular weight is 372 g/mol. The maximum atomic E-state index is 4.84. The highest BCUT2D eigenvalue weighted by molar-refractivity contribution is 7.11. The number of aromatic nitrogens is 1. The zero-order chi connectivity index (χ0) is 18.2. The van der Waals surface area contributed by atoms with Crippen LogP contribution in [-0.2, 0) is 12.8 Å². The van der Waals surface area contributed by atoms with Crippen molar-refractivity contribution in [2.45, 2.75) is 26.7 Å². The molecule has 1 aliphatic rings. The van der Waals surface area contributed by atoms with E-state index in [0.29, 0.717) is 0 Å². The van der Waals surface area contributed by atoms with Gasteiger partial charge in [-0.2, -0.15) is 0 Å². The molecule has 0 saturated carbocycles. The maximum Gasteiger partial charge on any atom is 0.194 e. The second-order valence-electron chi connectivity index (χ2n) is 6.37. The molecule has 1 saturated heterocycles. The zero-order valence-corrected chi connectivity index (χ0v) is 16.6. The summed E-state index contributed by atoms with van der Waals surface area (Å²) in [6, 6.07) is 10.7. The average Bonchev–Trinajstić information content (AvgIpc) is 3.16. The first-order chi connectivity index (χ1) is 12.8. The van der Waals surface area contributed by atoms with Crippen molar-refractivity contribution in [3.05, 3.63) is 46.4 Å². The number of aryl methyl sites for hydroxylation is 1. The third kappa shape index (κ3) is 4.97. The monoisotopic (exact) mass is 371 g/mol. The Bertz CT molecular complexity index is 689. The van der Waals surface area contributed by atoms with Crippen LogP contribution in [0.2, 0.25) is 0 Å². The molecule has 0 amide bonds. The minimum absolute atomic E-state index is 0.790. The van der Waals surface area contributed by atoms with Crippen molar-refractivity contribution in [3.63, 3.8) is 0 Å². The van der Waals surface area contributed by atoms with E-state index in [2.05, 4.69) is 64.3 Å². The highest BCUT2D eigenvalue weighted by Crippen LogP contribution is 2.16. The van der Waals surface area contributed by atoms with E-state index in [9.17, 15) is 0 Å². The largest absolute Gasteiger partial charge is 0.368 e. The third-order valence-corrected chi connectivity index (χ3v) is 5.77. The molecule has 1 aliphatic heterocycles. The van der Waals surface area contributed by atoms with E-state index in [1.165, 1.54) is 15.6 Å². The number of nitrogens with zero attached hydrogens (tertiary/aromatic N) is 4. The van der Waals surface area contributed by atoms with Gasteiger partial charge >= 0.3 is 0 Å². The minimum atomic E-state index is 0.790. The molecule has 5 nitrogen and oxygen atoms in total. The van der Waals surface area contributed by atoms with Gasteiger partial charge in [-0.05, 0) is 25.5 Å². The van der Waals surface area contributed by atoms with Crippen molar-refractivity contribution in [1.29, 1.82) is 0 Å². The molecule has 1 aromatic carbocycles. The number of guanidine groups is 1. The van der Waals surface area contributed by atoms with Crippen LogP contribution < -0.4 is 10.2 Å². The summed E-state index contributed by atoms with van der Waals surface area (Å²) in [4.78, 5) is 15.5. The Hall–Kier alpha value is -2.08. The summed E-state index contributed by atoms with van der Waals surface area (Å²) in [5.74, 6) is 1.03. The molecule has 0 radical (unpaired) electrons. The molecule has 0 spiro atoms. The lowest BCUT2D eigenvalue weighted by Crippen LogP contribution is -2.52. The highest BCUT2D eigenvalue weighted by atomic mass is 32.1. The third-order valence-electron chi connectivity index (χ3n) is 4.57. The fraction of sp³-hybridized carbons (Fsp3) is 0.500. The summed E-state index contributed by atoms with van der Waals surface area (Å²) >= 11 is 1.81. The summed E-state index contributed by atoms with van der Waals surface area (Å²) < 4.78 is 0. The van der Waals surface area contributed by atoms with Crippen LogP contribution in [0.3, 0.4) is 0 Å². The normalized spacial score (nSPS) is 15.4. The molecule has 0 bridgehead atoms. The van der Waals surface area contributed by atoms with Crippen molar-refractivity contribution >= 4 is 23.0 Å². The second kappa shape index (κ2) is 9.57. The lowest BCUT2D eigenvalue weighted by Gasteiger charge is -2.37. The number of rotatable bonds is 6. The molecule has 6 heteroatoms. The summed E-state index contributed by atoms with van der Waals surface area (Å²) in [6.45, 7) is 10.0. The van der Waals surface area contributed by atoms with Gasteiger partial charge < -0.3 is 15.1 Å². The van der Waals surface area contributed by atoms with Crippen molar-refractivity contribution in [2.75, 3.05) is 44.2 Å².